The Balaban J connectivity index is 2.56. The molecule has 6 nitrogen and oxygen atoms in total. The van der Waals surface area contributed by atoms with E-state index in [1.165, 1.54) is 18.3 Å². The summed E-state index contributed by atoms with van der Waals surface area (Å²) in [7, 11) is 0. The molecule has 0 spiro atoms. The van der Waals surface area contributed by atoms with Gasteiger partial charge < -0.3 is 0 Å². The van der Waals surface area contributed by atoms with Crippen molar-refractivity contribution < 1.29 is 4.92 Å². The standard InChI is InChI=1S/C10H9ClN4O2/c1-2-14-6-7(5-12-14)10-8(15(16)17)3-4-9(11)13-10/h3-6H,2H2,1H3. The van der Waals surface area contributed by atoms with E-state index in [2.05, 4.69) is 10.1 Å². The molecule has 0 saturated heterocycles. The van der Waals surface area contributed by atoms with E-state index in [1.54, 1.807) is 10.9 Å². The summed E-state index contributed by atoms with van der Waals surface area (Å²) in [5, 5.41) is 15.1. The monoisotopic (exact) mass is 252 g/mol. The van der Waals surface area contributed by atoms with Crippen LogP contribution in [0.3, 0.4) is 0 Å². The molecule has 88 valence electrons. The fraction of sp³-hybridized carbons (Fsp3) is 0.200. The molecule has 0 radical (unpaired) electrons. The largest absolute Gasteiger partial charge is 0.295 e. The lowest BCUT2D eigenvalue weighted by atomic mass is 10.2. The predicted octanol–water partition coefficient (Wildman–Crippen LogP) is 2.53. The van der Waals surface area contributed by atoms with Gasteiger partial charge >= 0.3 is 0 Å². The van der Waals surface area contributed by atoms with E-state index in [9.17, 15) is 10.1 Å². The van der Waals surface area contributed by atoms with E-state index in [0.717, 1.165) is 0 Å². The molecule has 2 heterocycles. The highest BCUT2D eigenvalue weighted by molar-refractivity contribution is 6.29. The highest BCUT2D eigenvalue weighted by Gasteiger charge is 2.18. The Morgan fingerprint density at radius 3 is 2.88 bits per heavy atom. The quantitative estimate of drug-likeness (QED) is 0.478. The van der Waals surface area contributed by atoms with E-state index in [4.69, 9.17) is 11.6 Å². The van der Waals surface area contributed by atoms with E-state index in [1.807, 2.05) is 6.92 Å². The van der Waals surface area contributed by atoms with Crippen molar-refractivity contribution in [2.45, 2.75) is 13.5 Å². The van der Waals surface area contributed by atoms with Crippen LogP contribution in [0.2, 0.25) is 5.15 Å². The van der Waals surface area contributed by atoms with Gasteiger partial charge in [-0.1, -0.05) is 11.6 Å². The van der Waals surface area contributed by atoms with Gasteiger partial charge in [-0.15, -0.1) is 0 Å². The Kier molecular flexibility index (Phi) is 3.06. The van der Waals surface area contributed by atoms with Gasteiger partial charge in [0, 0.05) is 24.4 Å². The van der Waals surface area contributed by atoms with Crippen LogP contribution in [0.25, 0.3) is 11.3 Å². The van der Waals surface area contributed by atoms with Crippen LogP contribution in [-0.4, -0.2) is 19.7 Å². The van der Waals surface area contributed by atoms with Crippen LogP contribution in [0, 0.1) is 10.1 Å². The molecule has 2 aromatic heterocycles. The van der Waals surface area contributed by atoms with Gasteiger partial charge in [-0.25, -0.2) is 4.98 Å². The third kappa shape index (κ3) is 2.26. The molecule has 0 amide bonds. The molecule has 0 aliphatic carbocycles. The lowest BCUT2D eigenvalue weighted by Crippen LogP contribution is -1.95. The van der Waals surface area contributed by atoms with E-state index in [-0.39, 0.29) is 16.5 Å². The summed E-state index contributed by atoms with van der Waals surface area (Å²) >= 11 is 5.75. The first-order valence-electron chi connectivity index (χ1n) is 4.95. The minimum Gasteiger partial charge on any atom is -0.272 e. The summed E-state index contributed by atoms with van der Waals surface area (Å²) in [4.78, 5) is 14.4. The molecule has 17 heavy (non-hydrogen) atoms. The number of hydrogen-bond acceptors (Lipinski definition) is 4. The maximum atomic E-state index is 10.9. The first-order chi connectivity index (χ1) is 8.11. The van der Waals surface area contributed by atoms with Gasteiger partial charge in [-0.2, -0.15) is 5.10 Å². The van der Waals surface area contributed by atoms with Gasteiger partial charge in [0.05, 0.1) is 11.1 Å². The van der Waals surface area contributed by atoms with Crippen molar-refractivity contribution >= 4 is 17.3 Å². The van der Waals surface area contributed by atoms with Crippen LogP contribution >= 0.6 is 11.6 Å². The fourth-order valence-electron chi connectivity index (χ4n) is 1.45. The fourth-order valence-corrected chi connectivity index (χ4v) is 1.59. The molecule has 0 N–H and O–H groups in total. The smallest absolute Gasteiger partial charge is 0.272 e. The van der Waals surface area contributed by atoms with Crippen molar-refractivity contribution in [3.05, 3.63) is 39.8 Å². The van der Waals surface area contributed by atoms with Crippen molar-refractivity contribution in [2.24, 2.45) is 0 Å². The van der Waals surface area contributed by atoms with E-state index in [0.29, 0.717) is 12.1 Å². The first-order valence-corrected chi connectivity index (χ1v) is 5.33. The van der Waals surface area contributed by atoms with Crippen LogP contribution in [0.1, 0.15) is 6.92 Å². The molecule has 0 fully saturated rings. The molecule has 0 unspecified atom stereocenters. The third-order valence-electron chi connectivity index (χ3n) is 2.27. The van der Waals surface area contributed by atoms with E-state index < -0.39 is 4.92 Å². The SMILES string of the molecule is CCn1cc(-c2nc(Cl)ccc2[N+](=O)[O-])cn1. The second-order valence-corrected chi connectivity index (χ2v) is 3.73. The van der Waals surface area contributed by atoms with Crippen molar-refractivity contribution in [3.63, 3.8) is 0 Å². The number of aryl methyl sites for hydroxylation is 1. The summed E-state index contributed by atoms with van der Waals surface area (Å²) in [6.07, 6.45) is 3.24. The van der Waals surface area contributed by atoms with Gasteiger partial charge in [0.2, 0.25) is 0 Å². The number of hydrogen-bond donors (Lipinski definition) is 0. The Morgan fingerprint density at radius 2 is 2.29 bits per heavy atom. The number of halogens is 1. The van der Waals surface area contributed by atoms with Crippen LogP contribution in [0.15, 0.2) is 24.5 Å². The summed E-state index contributed by atoms with van der Waals surface area (Å²) in [6.45, 7) is 2.62. The zero-order valence-corrected chi connectivity index (χ0v) is 9.76. The lowest BCUT2D eigenvalue weighted by molar-refractivity contribution is -0.384. The molecule has 0 aliphatic heterocycles. The lowest BCUT2D eigenvalue weighted by Gasteiger charge is -1.99. The van der Waals surface area contributed by atoms with Gasteiger partial charge in [-0.3, -0.25) is 14.8 Å². The van der Waals surface area contributed by atoms with Crippen LogP contribution < -0.4 is 0 Å². The number of nitro groups is 1. The third-order valence-corrected chi connectivity index (χ3v) is 2.48. The van der Waals surface area contributed by atoms with E-state index >= 15 is 0 Å². The summed E-state index contributed by atoms with van der Waals surface area (Å²) in [5.41, 5.74) is 0.744. The molecule has 0 aliphatic rings. The van der Waals surface area contributed by atoms with Crippen LogP contribution in [0.4, 0.5) is 5.69 Å². The molecule has 0 aromatic carbocycles. The van der Waals surface area contributed by atoms with Gasteiger partial charge in [0.15, 0.2) is 5.69 Å². The minimum atomic E-state index is -0.484. The molecule has 2 aromatic rings. The number of aromatic nitrogens is 3. The van der Waals surface area contributed by atoms with Crippen molar-refractivity contribution in [3.8, 4) is 11.3 Å². The number of pyridine rings is 1. The molecule has 0 saturated carbocycles. The maximum absolute atomic E-state index is 10.9. The van der Waals surface area contributed by atoms with Crippen molar-refractivity contribution in [1.29, 1.82) is 0 Å². The molecule has 7 heteroatoms. The number of nitrogens with zero attached hydrogens (tertiary/aromatic N) is 4. The minimum absolute atomic E-state index is 0.0787. The van der Waals surface area contributed by atoms with Crippen LogP contribution in [-0.2, 0) is 6.54 Å². The zero-order chi connectivity index (χ0) is 12.4. The summed E-state index contributed by atoms with van der Waals surface area (Å²) < 4.78 is 1.67. The van der Waals surface area contributed by atoms with Crippen molar-refractivity contribution in [1.82, 2.24) is 14.8 Å². The summed E-state index contributed by atoms with van der Waals surface area (Å²) in [5.74, 6) is 0. The highest BCUT2D eigenvalue weighted by Crippen LogP contribution is 2.28. The second-order valence-electron chi connectivity index (χ2n) is 3.34. The maximum Gasteiger partial charge on any atom is 0.295 e. The topological polar surface area (TPSA) is 73.8 Å². The van der Waals surface area contributed by atoms with Gasteiger partial charge in [0.25, 0.3) is 5.69 Å². The zero-order valence-electron chi connectivity index (χ0n) is 9.00. The van der Waals surface area contributed by atoms with Crippen molar-refractivity contribution in [2.75, 3.05) is 0 Å². The van der Waals surface area contributed by atoms with Gasteiger partial charge in [0.1, 0.15) is 5.15 Å². The average molecular weight is 253 g/mol. The van der Waals surface area contributed by atoms with Gasteiger partial charge in [-0.05, 0) is 13.0 Å². The molecular formula is C10H9ClN4O2. The molecule has 2 rings (SSSR count). The normalized spacial score (nSPS) is 10.5. The molecular weight excluding hydrogens is 244 g/mol. The Hall–Kier alpha value is -1.95. The highest BCUT2D eigenvalue weighted by atomic mass is 35.5. The Bertz CT molecular complexity index is 567. The first kappa shape index (κ1) is 11.5. The van der Waals surface area contributed by atoms with Crippen LogP contribution in [0.5, 0.6) is 0 Å². The molecule has 0 bridgehead atoms. The molecule has 0 atom stereocenters. The predicted molar refractivity (Wildman–Crippen MR) is 62.8 cm³/mol. The average Bonchev–Trinajstić information content (AvgIpc) is 2.76. The number of rotatable bonds is 3. The second kappa shape index (κ2) is 4.50. The summed E-state index contributed by atoms with van der Waals surface area (Å²) in [6, 6.07) is 2.74. The Labute approximate surface area is 102 Å². The Morgan fingerprint density at radius 1 is 1.53 bits per heavy atom.